The van der Waals surface area contributed by atoms with Crippen LogP contribution in [0.4, 0.5) is 0 Å². The summed E-state index contributed by atoms with van der Waals surface area (Å²) in [6.07, 6.45) is 0. The molecule has 4 aromatic rings. The molecular weight excluding hydrogens is 452 g/mol. The van der Waals surface area contributed by atoms with Crippen LogP contribution < -0.4 is 15.0 Å². The van der Waals surface area contributed by atoms with Crippen molar-refractivity contribution in [3.8, 4) is 34.0 Å². The first-order valence-electron chi connectivity index (χ1n) is 11.2. The molecule has 8 nitrogen and oxygen atoms in total. The number of thiazole rings is 1. The highest BCUT2D eigenvalue weighted by molar-refractivity contribution is 7.15. The van der Waals surface area contributed by atoms with Gasteiger partial charge in [-0.15, -0.1) is 11.3 Å². The molecule has 0 saturated heterocycles. The Labute approximate surface area is 201 Å². The quantitative estimate of drug-likeness (QED) is 0.360. The third kappa shape index (κ3) is 4.94. The summed E-state index contributed by atoms with van der Waals surface area (Å²) in [7, 11) is 0. The van der Waals surface area contributed by atoms with Crippen molar-refractivity contribution < 1.29 is 14.3 Å². The van der Waals surface area contributed by atoms with Crippen molar-refractivity contribution in [1.82, 2.24) is 19.5 Å². The van der Waals surface area contributed by atoms with Gasteiger partial charge in [0.05, 0.1) is 12.3 Å². The molecule has 0 unspecified atom stereocenters. The van der Waals surface area contributed by atoms with E-state index in [2.05, 4.69) is 10.1 Å². The number of amides is 1. The second-order valence-electron chi connectivity index (χ2n) is 7.42. The van der Waals surface area contributed by atoms with Crippen LogP contribution in [0.15, 0.2) is 58.7 Å². The van der Waals surface area contributed by atoms with Gasteiger partial charge in [0.25, 0.3) is 5.91 Å². The van der Waals surface area contributed by atoms with Crippen LogP contribution in [0.5, 0.6) is 11.5 Å². The molecule has 0 saturated carbocycles. The molecule has 0 atom stereocenters. The SMILES string of the molecule is CCOc1ccc(-c2nn3c(-c4ccc(OCC(=O)N(CC)CC)cc4)csc3nc2=O)cc1. The van der Waals surface area contributed by atoms with Gasteiger partial charge in [0, 0.05) is 29.6 Å². The van der Waals surface area contributed by atoms with Gasteiger partial charge >= 0.3 is 5.56 Å². The van der Waals surface area contributed by atoms with Crippen molar-refractivity contribution >= 4 is 22.2 Å². The average molecular weight is 479 g/mol. The molecule has 176 valence electrons. The maximum atomic E-state index is 12.6. The zero-order chi connectivity index (χ0) is 24.1. The molecule has 2 heterocycles. The normalized spacial score (nSPS) is 10.9. The maximum absolute atomic E-state index is 12.6. The Balaban J connectivity index is 1.58. The third-order valence-corrected chi connectivity index (χ3v) is 6.17. The summed E-state index contributed by atoms with van der Waals surface area (Å²) in [5.41, 5.74) is 2.28. The van der Waals surface area contributed by atoms with E-state index >= 15 is 0 Å². The molecule has 34 heavy (non-hydrogen) atoms. The molecule has 0 bridgehead atoms. The fraction of sp³-hybridized carbons (Fsp3) is 0.280. The highest BCUT2D eigenvalue weighted by Gasteiger charge is 2.14. The van der Waals surface area contributed by atoms with Crippen molar-refractivity contribution in [3.63, 3.8) is 0 Å². The number of likely N-dealkylation sites (N-methyl/N-ethyl adjacent to an activating group) is 1. The number of carbonyl (C=O) groups excluding carboxylic acids is 1. The van der Waals surface area contributed by atoms with Gasteiger partial charge in [0.1, 0.15) is 11.5 Å². The first-order valence-corrected chi connectivity index (χ1v) is 12.0. The van der Waals surface area contributed by atoms with Gasteiger partial charge < -0.3 is 14.4 Å². The van der Waals surface area contributed by atoms with Crippen LogP contribution >= 0.6 is 11.3 Å². The van der Waals surface area contributed by atoms with Crippen LogP contribution in [-0.4, -0.2) is 51.7 Å². The van der Waals surface area contributed by atoms with Gasteiger partial charge in [-0.1, -0.05) is 0 Å². The summed E-state index contributed by atoms with van der Waals surface area (Å²) in [6, 6.07) is 14.7. The molecular formula is C25H26N4O4S. The molecule has 2 aromatic carbocycles. The predicted octanol–water partition coefficient (Wildman–Crippen LogP) is 4.13. The van der Waals surface area contributed by atoms with Crippen LogP contribution in [0.2, 0.25) is 0 Å². The predicted molar refractivity (Wildman–Crippen MR) is 133 cm³/mol. The van der Waals surface area contributed by atoms with Gasteiger partial charge in [0.2, 0.25) is 4.96 Å². The van der Waals surface area contributed by atoms with E-state index in [1.807, 2.05) is 62.5 Å². The number of hydrogen-bond acceptors (Lipinski definition) is 7. The van der Waals surface area contributed by atoms with E-state index in [1.165, 1.54) is 11.3 Å². The molecule has 0 aliphatic rings. The highest BCUT2D eigenvalue weighted by Crippen LogP contribution is 2.27. The summed E-state index contributed by atoms with van der Waals surface area (Å²) in [5, 5.41) is 6.52. The van der Waals surface area contributed by atoms with E-state index in [4.69, 9.17) is 9.47 Å². The van der Waals surface area contributed by atoms with Crippen LogP contribution in [-0.2, 0) is 4.79 Å². The van der Waals surface area contributed by atoms with E-state index < -0.39 is 0 Å². The molecule has 2 aromatic heterocycles. The average Bonchev–Trinajstić information content (AvgIpc) is 3.26. The minimum atomic E-state index is -0.376. The standard InChI is InChI=1S/C25H26N4O4S/c1-4-28(5-2)22(30)15-33-20-11-7-17(8-12-20)21-16-34-25-26-24(31)23(27-29(21)25)18-9-13-19(14-10-18)32-6-3/h7-14,16H,4-6,15H2,1-3H3. The fourth-order valence-corrected chi connectivity index (χ4v) is 4.37. The molecule has 1 amide bonds. The number of rotatable bonds is 9. The molecule has 4 rings (SSSR count). The minimum Gasteiger partial charge on any atom is -0.494 e. The smallest absolute Gasteiger partial charge is 0.300 e. The molecule has 0 radical (unpaired) electrons. The number of fused-ring (bicyclic) bond motifs is 1. The lowest BCUT2D eigenvalue weighted by molar-refractivity contribution is -0.132. The van der Waals surface area contributed by atoms with Crippen LogP contribution in [0.25, 0.3) is 27.5 Å². The lowest BCUT2D eigenvalue weighted by atomic mass is 10.1. The first kappa shape index (κ1) is 23.4. The van der Waals surface area contributed by atoms with Gasteiger partial charge in [-0.2, -0.15) is 10.1 Å². The van der Waals surface area contributed by atoms with Gasteiger partial charge in [-0.05, 0) is 69.3 Å². The molecule has 0 fully saturated rings. The fourth-order valence-electron chi connectivity index (χ4n) is 3.55. The molecule has 0 spiro atoms. The Hall–Kier alpha value is -3.72. The summed E-state index contributed by atoms with van der Waals surface area (Å²) in [5.74, 6) is 1.30. The molecule has 0 aliphatic heterocycles. The third-order valence-electron chi connectivity index (χ3n) is 5.35. The molecule has 0 N–H and O–H groups in total. The Morgan fingerprint density at radius 1 is 0.941 bits per heavy atom. The topological polar surface area (TPSA) is 86.0 Å². The second-order valence-corrected chi connectivity index (χ2v) is 8.25. The lowest BCUT2D eigenvalue weighted by Crippen LogP contribution is -2.34. The number of carbonyl (C=O) groups is 1. The minimum absolute atomic E-state index is 0.000354. The summed E-state index contributed by atoms with van der Waals surface area (Å²) in [4.78, 5) is 31.2. The number of benzene rings is 2. The van der Waals surface area contributed by atoms with E-state index in [0.717, 1.165) is 17.0 Å². The summed E-state index contributed by atoms with van der Waals surface area (Å²) >= 11 is 1.35. The van der Waals surface area contributed by atoms with Crippen LogP contribution in [0.3, 0.4) is 0 Å². The zero-order valence-electron chi connectivity index (χ0n) is 19.4. The van der Waals surface area contributed by atoms with Crippen molar-refractivity contribution in [3.05, 3.63) is 64.3 Å². The van der Waals surface area contributed by atoms with E-state index in [0.29, 0.717) is 36.0 Å². The zero-order valence-corrected chi connectivity index (χ0v) is 20.2. The van der Waals surface area contributed by atoms with Gasteiger partial charge in [-0.25, -0.2) is 4.52 Å². The number of hydrogen-bond donors (Lipinski definition) is 0. The van der Waals surface area contributed by atoms with Crippen LogP contribution in [0.1, 0.15) is 20.8 Å². The van der Waals surface area contributed by atoms with Gasteiger partial charge in [-0.3, -0.25) is 9.59 Å². The lowest BCUT2D eigenvalue weighted by Gasteiger charge is -2.18. The monoisotopic (exact) mass is 478 g/mol. The Kier molecular flexibility index (Phi) is 7.22. The Bertz CT molecular complexity index is 1330. The molecule has 0 aliphatic carbocycles. The summed E-state index contributed by atoms with van der Waals surface area (Å²) in [6.45, 7) is 7.69. The van der Waals surface area contributed by atoms with E-state index in [-0.39, 0.29) is 23.8 Å². The van der Waals surface area contributed by atoms with Crippen molar-refractivity contribution in [1.29, 1.82) is 0 Å². The van der Waals surface area contributed by atoms with E-state index in [9.17, 15) is 9.59 Å². The largest absolute Gasteiger partial charge is 0.494 e. The number of nitrogens with zero attached hydrogens (tertiary/aromatic N) is 4. The second kappa shape index (κ2) is 10.5. The van der Waals surface area contributed by atoms with Crippen molar-refractivity contribution in [2.75, 3.05) is 26.3 Å². The van der Waals surface area contributed by atoms with Gasteiger partial charge in [0.15, 0.2) is 12.3 Å². The number of ether oxygens (including phenoxy) is 2. The van der Waals surface area contributed by atoms with Crippen molar-refractivity contribution in [2.45, 2.75) is 20.8 Å². The Morgan fingerprint density at radius 3 is 2.18 bits per heavy atom. The molecule has 9 heteroatoms. The highest BCUT2D eigenvalue weighted by atomic mass is 32.1. The Morgan fingerprint density at radius 2 is 1.56 bits per heavy atom. The van der Waals surface area contributed by atoms with E-state index in [1.54, 1.807) is 21.5 Å². The number of aromatic nitrogens is 3. The van der Waals surface area contributed by atoms with Crippen LogP contribution in [0, 0.1) is 0 Å². The first-order chi connectivity index (χ1) is 16.5. The van der Waals surface area contributed by atoms with Crippen molar-refractivity contribution in [2.24, 2.45) is 0 Å². The summed E-state index contributed by atoms with van der Waals surface area (Å²) < 4.78 is 12.8. The maximum Gasteiger partial charge on any atom is 0.300 e.